The quantitative estimate of drug-likeness (QED) is 0.202. The Hall–Kier alpha value is -2.31. The van der Waals surface area contributed by atoms with Gasteiger partial charge in [0.1, 0.15) is 12.4 Å². The van der Waals surface area contributed by atoms with Gasteiger partial charge in [-0.1, -0.05) is 0 Å². The fourth-order valence-corrected chi connectivity index (χ4v) is 3.92. The molecule has 0 spiro atoms. The van der Waals surface area contributed by atoms with Crippen molar-refractivity contribution in [1.82, 2.24) is 20.5 Å². The Morgan fingerprint density at radius 3 is 2.24 bits per heavy atom. The first-order chi connectivity index (χ1) is 18.1. The molecule has 1 atom stereocenters. The third-order valence-corrected chi connectivity index (χ3v) is 5.94. The largest absolute Gasteiger partial charge is 0.490 e. The number of pyridine rings is 1. The fraction of sp³-hybridized carbons (Fsp3) is 0.731. The Labute approximate surface area is 220 Å². The average molecular weight is 524 g/mol. The van der Waals surface area contributed by atoms with E-state index in [1.165, 1.54) is 6.42 Å². The van der Waals surface area contributed by atoms with Crippen LogP contribution in [0.1, 0.15) is 50.1 Å². The van der Waals surface area contributed by atoms with Gasteiger partial charge in [0.05, 0.1) is 39.2 Å². The Kier molecular flexibility index (Phi) is 16.5. The minimum atomic E-state index is -0.175. The van der Waals surface area contributed by atoms with E-state index in [2.05, 4.69) is 27.6 Å². The van der Waals surface area contributed by atoms with Crippen molar-refractivity contribution in [2.24, 2.45) is 5.73 Å². The summed E-state index contributed by atoms with van der Waals surface area (Å²) in [7, 11) is 2.12. The van der Waals surface area contributed by atoms with Crippen molar-refractivity contribution in [2.75, 3.05) is 79.5 Å². The van der Waals surface area contributed by atoms with Crippen LogP contribution in [-0.4, -0.2) is 101 Å². The Balaban J connectivity index is 1.40. The van der Waals surface area contributed by atoms with Crippen molar-refractivity contribution < 1.29 is 28.5 Å². The van der Waals surface area contributed by atoms with Gasteiger partial charge in [-0.05, 0) is 57.5 Å². The Morgan fingerprint density at radius 2 is 1.59 bits per heavy atom. The normalized spacial score (nSPS) is 15.6. The summed E-state index contributed by atoms with van der Waals surface area (Å²) < 4.78 is 21.9. The van der Waals surface area contributed by atoms with Gasteiger partial charge in [0.25, 0.3) is 0 Å². The van der Waals surface area contributed by atoms with E-state index < -0.39 is 0 Å². The number of hydrogen-bond donors (Lipinski definition) is 3. The number of ether oxygens (including phenoxy) is 4. The van der Waals surface area contributed by atoms with Gasteiger partial charge < -0.3 is 35.3 Å². The number of nitrogens with zero attached hydrogens (tertiary/aromatic N) is 2. The van der Waals surface area contributed by atoms with Crippen LogP contribution in [0.5, 0.6) is 5.75 Å². The number of likely N-dealkylation sites (tertiary alicyclic amines) is 1. The maximum Gasteiger partial charge on any atom is 0.220 e. The highest BCUT2D eigenvalue weighted by atomic mass is 16.5. The van der Waals surface area contributed by atoms with Crippen LogP contribution in [0.2, 0.25) is 0 Å². The first kappa shape index (κ1) is 30.9. The highest BCUT2D eigenvalue weighted by Crippen LogP contribution is 2.31. The zero-order chi connectivity index (χ0) is 26.6. The molecule has 11 nitrogen and oxygen atoms in total. The molecule has 1 saturated heterocycles. The maximum atomic E-state index is 12.0. The van der Waals surface area contributed by atoms with E-state index in [1.54, 1.807) is 6.20 Å². The van der Waals surface area contributed by atoms with Crippen molar-refractivity contribution in [3.8, 4) is 5.75 Å². The lowest BCUT2D eigenvalue weighted by Crippen LogP contribution is -2.30. The van der Waals surface area contributed by atoms with Crippen molar-refractivity contribution in [3.05, 3.63) is 24.0 Å². The second-order valence-corrected chi connectivity index (χ2v) is 8.97. The minimum Gasteiger partial charge on any atom is -0.490 e. The van der Waals surface area contributed by atoms with Crippen molar-refractivity contribution in [1.29, 1.82) is 0 Å². The SMILES string of the molecule is CN1CCC[C@H]1c1cncc(OCCNC(=O)CCC(=O)NCCCOCCOCCOCCCN)c1. The molecule has 2 heterocycles. The van der Waals surface area contributed by atoms with E-state index in [4.69, 9.17) is 24.7 Å². The molecule has 0 bridgehead atoms. The Bertz CT molecular complexity index is 769. The summed E-state index contributed by atoms with van der Waals surface area (Å²) in [5.41, 5.74) is 6.54. The van der Waals surface area contributed by atoms with Gasteiger partial charge in [-0.3, -0.25) is 19.5 Å². The maximum absolute atomic E-state index is 12.0. The zero-order valence-corrected chi connectivity index (χ0v) is 22.3. The fourth-order valence-electron chi connectivity index (χ4n) is 3.92. The van der Waals surface area contributed by atoms with Crippen LogP contribution in [0, 0.1) is 0 Å². The minimum absolute atomic E-state index is 0.140. The molecule has 2 amide bonds. The molecule has 0 saturated carbocycles. The summed E-state index contributed by atoms with van der Waals surface area (Å²) in [6.07, 6.45) is 7.73. The molecule has 2 rings (SSSR count). The number of carbonyl (C=O) groups excluding carboxylic acids is 2. The zero-order valence-electron chi connectivity index (χ0n) is 22.3. The predicted octanol–water partition coefficient (Wildman–Crippen LogP) is 1.03. The molecular weight excluding hydrogens is 478 g/mol. The van der Waals surface area contributed by atoms with E-state index in [0.717, 1.165) is 24.9 Å². The number of carbonyl (C=O) groups is 2. The first-order valence-electron chi connectivity index (χ1n) is 13.3. The number of amides is 2. The van der Waals surface area contributed by atoms with Crippen LogP contribution in [0.25, 0.3) is 0 Å². The smallest absolute Gasteiger partial charge is 0.220 e. The van der Waals surface area contributed by atoms with Gasteiger partial charge in [0.2, 0.25) is 11.8 Å². The predicted molar refractivity (Wildman–Crippen MR) is 140 cm³/mol. The summed E-state index contributed by atoms with van der Waals surface area (Å²) >= 11 is 0. The summed E-state index contributed by atoms with van der Waals surface area (Å²) in [5.74, 6) is 0.377. The third kappa shape index (κ3) is 14.3. The summed E-state index contributed by atoms with van der Waals surface area (Å²) in [5, 5.41) is 5.59. The highest BCUT2D eigenvalue weighted by Gasteiger charge is 2.23. The van der Waals surface area contributed by atoms with E-state index in [9.17, 15) is 9.59 Å². The number of hydrogen-bond acceptors (Lipinski definition) is 9. The standard InChI is InChI=1S/C26H45N5O6/c1-31-11-2-5-24(31)22-19-23(21-28-20-22)37-14-10-30-26(33)7-6-25(32)29-9-4-13-35-16-18-36-17-15-34-12-3-8-27/h19-21,24H,2-18,27H2,1H3,(H,29,32)(H,30,33)/t24-/m0/s1. The van der Waals surface area contributed by atoms with Crippen molar-refractivity contribution >= 4 is 11.8 Å². The van der Waals surface area contributed by atoms with Gasteiger partial charge in [-0.2, -0.15) is 0 Å². The van der Waals surface area contributed by atoms with Crippen LogP contribution in [-0.2, 0) is 23.8 Å². The van der Waals surface area contributed by atoms with Crippen LogP contribution in [0.15, 0.2) is 18.5 Å². The molecular formula is C26H45N5O6. The van der Waals surface area contributed by atoms with Gasteiger partial charge in [-0.15, -0.1) is 0 Å². The molecule has 1 aromatic rings. The monoisotopic (exact) mass is 523 g/mol. The molecule has 0 aliphatic carbocycles. The molecule has 0 aromatic carbocycles. The second-order valence-electron chi connectivity index (χ2n) is 8.97. The second kappa shape index (κ2) is 19.8. The number of nitrogens with one attached hydrogen (secondary N) is 2. The highest BCUT2D eigenvalue weighted by molar-refractivity contribution is 5.83. The third-order valence-electron chi connectivity index (χ3n) is 5.94. The molecule has 1 aliphatic rings. The number of aromatic nitrogens is 1. The summed E-state index contributed by atoms with van der Waals surface area (Å²) in [6, 6.07) is 2.41. The number of nitrogens with two attached hydrogens (primary N) is 1. The van der Waals surface area contributed by atoms with E-state index in [-0.39, 0.29) is 24.7 Å². The lowest BCUT2D eigenvalue weighted by Gasteiger charge is -2.19. The Morgan fingerprint density at radius 1 is 0.946 bits per heavy atom. The molecule has 4 N–H and O–H groups in total. The first-order valence-corrected chi connectivity index (χ1v) is 13.3. The topological polar surface area (TPSA) is 137 Å². The average Bonchev–Trinajstić information content (AvgIpc) is 3.34. The summed E-state index contributed by atoms with van der Waals surface area (Å²) in [6.45, 7) is 6.25. The molecule has 0 unspecified atom stereocenters. The molecule has 1 aromatic heterocycles. The van der Waals surface area contributed by atoms with Crippen LogP contribution < -0.4 is 21.1 Å². The molecule has 11 heteroatoms. The van der Waals surface area contributed by atoms with E-state index >= 15 is 0 Å². The lowest BCUT2D eigenvalue weighted by molar-refractivity contribution is -0.126. The molecule has 0 radical (unpaired) electrons. The lowest BCUT2D eigenvalue weighted by atomic mass is 10.1. The molecule has 1 aliphatic heterocycles. The van der Waals surface area contributed by atoms with Crippen molar-refractivity contribution in [3.63, 3.8) is 0 Å². The molecule has 1 fully saturated rings. The van der Waals surface area contributed by atoms with Crippen LogP contribution >= 0.6 is 0 Å². The van der Waals surface area contributed by atoms with Crippen LogP contribution in [0.3, 0.4) is 0 Å². The van der Waals surface area contributed by atoms with Crippen molar-refractivity contribution in [2.45, 2.75) is 44.6 Å². The van der Waals surface area contributed by atoms with Crippen LogP contribution in [0.4, 0.5) is 0 Å². The van der Waals surface area contributed by atoms with Gasteiger partial charge in [0.15, 0.2) is 0 Å². The van der Waals surface area contributed by atoms with Gasteiger partial charge >= 0.3 is 0 Å². The molecule has 37 heavy (non-hydrogen) atoms. The van der Waals surface area contributed by atoms with Gasteiger partial charge in [0, 0.05) is 44.8 Å². The van der Waals surface area contributed by atoms with E-state index in [0.29, 0.717) is 84.1 Å². The van der Waals surface area contributed by atoms with E-state index in [1.807, 2.05) is 12.3 Å². The number of rotatable bonds is 21. The summed E-state index contributed by atoms with van der Waals surface area (Å²) in [4.78, 5) is 30.5. The molecule has 210 valence electrons. The van der Waals surface area contributed by atoms with Gasteiger partial charge in [-0.25, -0.2) is 0 Å².